The number of benzene rings is 1. The van der Waals surface area contributed by atoms with Crippen LogP contribution in [0.4, 0.5) is 0 Å². The Hall–Kier alpha value is -1.30. The fourth-order valence-electron chi connectivity index (χ4n) is 9.58. The number of fused-ring (bicyclic) bond motifs is 2. The minimum atomic E-state index is -0.909. The van der Waals surface area contributed by atoms with E-state index in [2.05, 4.69) is 31.7 Å². The first-order valence-electron chi connectivity index (χ1n) is 13.6. The summed E-state index contributed by atoms with van der Waals surface area (Å²) in [7, 11) is 1.83. The van der Waals surface area contributed by atoms with Gasteiger partial charge in [0.15, 0.2) is 11.5 Å². The average Bonchev–Trinajstić information content (AvgIpc) is 3.53. The summed E-state index contributed by atoms with van der Waals surface area (Å²) in [5.41, 5.74) is 0.783. The van der Waals surface area contributed by atoms with Crippen LogP contribution in [0.5, 0.6) is 11.5 Å². The quantitative estimate of drug-likeness (QED) is 0.687. The maximum absolute atomic E-state index is 12.2. The van der Waals surface area contributed by atoms with E-state index in [1.54, 1.807) is 0 Å². The summed E-state index contributed by atoms with van der Waals surface area (Å²) in [4.78, 5) is 2.82. The van der Waals surface area contributed by atoms with Gasteiger partial charge in [-0.05, 0) is 81.4 Å². The molecule has 0 amide bonds. The van der Waals surface area contributed by atoms with Gasteiger partial charge in [0, 0.05) is 42.0 Å². The Morgan fingerprint density at radius 3 is 2.59 bits per heavy atom. The zero-order valence-electron chi connectivity index (χ0n) is 21.5. The van der Waals surface area contributed by atoms with Crippen LogP contribution in [0.3, 0.4) is 0 Å². The molecule has 2 N–H and O–H groups in total. The van der Waals surface area contributed by atoms with E-state index in [0.29, 0.717) is 11.8 Å². The second-order valence-electron chi connectivity index (χ2n) is 13.8. The zero-order chi connectivity index (χ0) is 23.9. The van der Waals surface area contributed by atoms with E-state index in [9.17, 15) is 10.2 Å². The Bertz CT molecular complexity index is 1060. The fourth-order valence-corrected chi connectivity index (χ4v) is 9.58. The summed E-state index contributed by atoms with van der Waals surface area (Å²) in [6.45, 7) is 10.8. The molecule has 2 aliphatic heterocycles. The molecule has 5 fully saturated rings. The second kappa shape index (κ2) is 6.33. The first-order chi connectivity index (χ1) is 16.0. The molecule has 5 heteroatoms. The Labute approximate surface area is 203 Å². The van der Waals surface area contributed by atoms with Crippen molar-refractivity contribution in [1.29, 1.82) is 0 Å². The average molecular weight is 468 g/mol. The van der Waals surface area contributed by atoms with Gasteiger partial charge < -0.3 is 19.7 Å². The molecule has 5 aliphatic carbocycles. The molecule has 4 bridgehead atoms. The van der Waals surface area contributed by atoms with Crippen molar-refractivity contribution in [3.05, 3.63) is 23.3 Å². The highest BCUT2D eigenvalue weighted by atomic mass is 16.6. The van der Waals surface area contributed by atoms with Crippen LogP contribution in [0, 0.1) is 22.7 Å². The minimum absolute atomic E-state index is 0.0294. The van der Waals surface area contributed by atoms with E-state index >= 15 is 0 Å². The van der Waals surface area contributed by atoms with Gasteiger partial charge in [-0.25, -0.2) is 0 Å². The van der Waals surface area contributed by atoms with E-state index in [0.717, 1.165) is 44.6 Å². The number of aromatic hydroxyl groups is 1. The molecule has 2 spiro atoms. The smallest absolute Gasteiger partial charge is 0.165 e. The molecule has 1 saturated heterocycles. The summed E-state index contributed by atoms with van der Waals surface area (Å²) < 4.78 is 13.5. The van der Waals surface area contributed by atoms with Crippen molar-refractivity contribution < 1.29 is 19.7 Å². The maximum atomic E-state index is 12.2. The van der Waals surface area contributed by atoms with Gasteiger partial charge in [-0.1, -0.05) is 26.8 Å². The lowest BCUT2D eigenvalue weighted by molar-refractivity contribution is -0.312. The summed E-state index contributed by atoms with van der Waals surface area (Å²) in [6, 6.07) is 4.46. The molecular weight excluding hydrogens is 426 g/mol. The first kappa shape index (κ1) is 21.9. The molecule has 3 unspecified atom stereocenters. The predicted octanol–water partition coefficient (Wildman–Crippen LogP) is 4.41. The number of piperidine rings is 1. The monoisotopic (exact) mass is 467 g/mol. The van der Waals surface area contributed by atoms with Crippen LogP contribution >= 0.6 is 0 Å². The molecule has 186 valence electrons. The Kier molecular flexibility index (Phi) is 4.08. The number of aliphatic hydroxyl groups is 1. The lowest BCUT2D eigenvalue weighted by atomic mass is 9.33. The van der Waals surface area contributed by atoms with E-state index in [4.69, 9.17) is 9.47 Å². The van der Waals surface area contributed by atoms with Gasteiger partial charge in [0.2, 0.25) is 0 Å². The maximum Gasteiger partial charge on any atom is 0.165 e. The Balaban J connectivity index is 1.47. The molecule has 1 aromatic carbocycles. The largest absolute Gasteiger partial charge is 0.504 e. The number of hydrogen-bond donors (Lipinski definition) is 2. The van der Waals surface area contributed by atoms with Gasteiger partial charge in [-0.15, -0.1) is 0 Å². The van der Waals surface area contributed by atoms with Crippen LogP contribution in [0.25, 0.3) is 0 Å². The minimum Gasteiger partial charge on any atom is -0.504 e. The molecule has 0 aromatic heterocycles. The number of methoxy groups -OCH3 is 1. The Morgan fingerprint density at radius 1 is 1.15 bits per heavy atom. The first-order valence-corrected chi connectivity index (χ1v) is 13.6. The van der Waals surface area contributed by atoms with Gasteiger partial charge in [0.25, 0.3) is 0 Å². The van der Waals surface area contributed by atoms with E-state index in [1.165, 1.54) is 30.5 Å². The van der Waals surface area contributed by atoms with Crippen molar-refractivity contribution in [2.75, 3.05) is 20.2 Å². The molecule has 2 heterocycles. The summed E-state index contributed by atoms with van der Waals surface area (Å²) in [5, 5.41) is 23.2. The van der Waals surface area contributed by atoms with Crippen molar-refractivity contribution in [2.24, 2.45) is 22.7 Å². The summed E-state index contributed by atoms with van der Waals surface area (Å²) >= 11 is 0. The molecule has 0 radical (unpaired) electrons. The Morgan fingerprint density at radius 2 is 1.91 bits per heavy atom. The number of likely N-dealkylation sites (tertiary alicyclic amines) is 1. The van der Waals surface area contributed by atoms with Gasteiger partial charge >= 0.3 is 0 Å². The highest BCUT2D eigenvalue weighted by Gasteiger charge is 2.82. The van der Waals surface area contributed by atoms with E-state index in [-0.39, 0.29) is 34.0 Å². The standard InChI is InChI=1S/C29H41NO4/c1-25(2,3)26(4,32)20-15-27-10-11-29(20,33-5)24-28(27)12-13-30(16-17-6-7-17)21(27)14-18-8-9-19(31)23(34-24)22(18)28/h8-9,17,20-21,24,31-32H,6-7,10-16H2,1-5H3/t20?,21-,24-,26?,27-,28?,29-/m1/s1. The molecule has 5 nitrogen and oxygen atoms in total. The van der Waals surface area contributed by atoms with E-state index < -0.39 is 11.2 Å². The molecule has 34 heavy (non-hydrogen) atoms. The highest BCUT2D eigenvalue weighted by Crippen LogP contribution is 2.78. The summed E-state index contributed by atoms with van der Waals surface area (Å²) in [5.74, 6) is 1.80. The molecular formula is C29H41NO4. The van der Waals surface area contributed by atoms with Crippen LogP contribution in [-0.4, -0.2) is 58.7 Å². The third kappa shape index (κ3) is 2.25. The van der Waals surface area contributed by atoms with Crippen LogP contribution < -0.4 is 4.74 Å². The molecule has 4 saturated carbocycles. The van der Waals surface area contributed by atoms with Crippen LogP contribution in [0.15, 0.2) is 12.1 Å². The lowest BCUT2D eigenvalue weighted by Gasteiger charge is -2.75. The third-order valence-corrected chi connectivity index (χ3v) is 11.9. The lowest BCUT2D eigenvalue weighted by Crippen LogP contribution is -2.83. The number of hydrogen-bond acceptors (Lipinski definition) is 5. The predicted molar refractivity (Wildman–Crippen MR) is 130 cm³/mol. The van der Waals surface area contributed by atoms with Crippen LogP contribution in [0.2, 0.25) is 0 Å². The third-order valence-electron chi connectivity index (χ3n) is 11.9. The van der Waals surface area contributed by atoms with Crippen molar-refractivity contribution >= 4 is 0 Å². The molecule has 8 rings (SSSR count). The second-order valence-corrected chi connectivity index (χ2v) is 13.8. The SMILES string of the molecule is CO[C@]12CC[C@@]3(CC1C(C)(O)C(C)(C)C)[C@H]1Cc4ccc(O)c5c4C3(CCN1CC1CC1)[C@H]2O5. The van der Waals surface area contributed by atoms with Crippen molar-refractivity contribution in [3.8, 4) is 11.5 Å². The fraction of sp³-hybridized carbons (Fsp3) is 0.793. The zero-order valence-corrected chi connectivity index (χ0v) is 21.5. The number of phenolic OH excluding ortho intramolecular Hbond substituents is 1. The molecule has 7 atom stereocenters. The van der Waals surface area contributed by atoms with Gasteiger partial charge in [-0.2, -0.15) is 0 Å². The molecule has 7 aliphatic rings. The highest BCUT2D eigenvalue weighted by molar-refractivity contribution is 5.63. The van der Waals surface area contributed by atoms with E-state index in [1.807, 2.05) is 20.1 Å². The number of ether oxygens (including phenoxy) is 2. The van der Waals surface area contributed by atoms with Crippen molar-refractivity contribution in [1.82, 2.24) is 4.90 Å². The van der Waals surface area contributed by atoms with Crippen LogP contribution in [-0.2, 0) is 16.6 Å². The van der Waals surface area contributed by atoms with Crippen LogP contribution in [0.1, 0.15) is 77.3 Å². The number of nitrogens with zero attached hydrogens (tertiary/aromatic N) is 1. The van der Waals surface area contributed by atoms with Crippen molar-refractivity contribution in [2.45, 2.75) is 101 Å². The normalized spacial score (nSPS) is 43.9. The van der Waals surface area contributed by atoms with Crippen molar-refractivity contribution in [3.63, 3.8) is 0 Å². The molecule has 1 aromatic rings. The van der Waals surface area contributed by atoms with Gasteiger partial charge in [-0.3, -0.25) is 4.90 Å². The number of phenols is 1. The van der Waals surface area contributed by atoms with Gasteiger partial charge in [0.1, 0.15) is 11.7 Å². The van der Waals surface area contributed by atoms with Gasteiger partial charge in [0.05, 0.1) is 5.60 Å². The topological polar surface area (TPSA) is 62.2 Å². The summed E-state index contributed by atoms with van der Waals surface area (Å²) in [6.07, 6.45) is 7.64. The number of rotatable bonds is 4.